The normalized spacial score (nSPS) is 28.7. The molecule has 1 atom stereocenters. The molecule has 1 fully saturated rings. The third-order valence-corrected chi connectivity index (χ3v) is 3.92. The second-order valence-electron chi connectivity index (χ2n) is 3.31. The lowest BCUT2D eigenvalue weighted by atomic mass is 10.1. The van der Waals surface area contributed by atoms with Crippen molar-refractivity contribution in [1.82, 2.24) is 8.34 Å². The first-order valence-electron chi connectivity index (χ1n) is 3.54. The van der Waals surface area contributed by atoms with Crippen LogP contribution in [0.2, 0.25) is 0 Å². The van der Waals surface area contributed by atoms with E-state index in [4.69, 9.17) is 16.3 Å². The Morgan fingerprint density at radius 2 is 2.21 bits per heavy atom. The minimum Gasteiger partial charge on any atom is -0.285 e. The van der Waals surface area contributed by atoms with Gasteiger partial charge in [0.05, 0.1) is 28.2 Å². The van der Waals surface area contributed by atoms with Crippen LogP contribution >= 0.6 is 27.9 Å². The van der Waals surface area contributed by atoms with Crippen LogP contribution in [0.5, 0.6) is 0 Å². The van der Waals surface area contributed by atoms with E-state index in [1.54, 1.807) is 0 Å². The third kappa shape index (κ3) is 2.30. The first-order chi connectivity index (χ1) is 6.16. The first-order valence-corrected chi connectivity index (χ1v) is 6.20. The Bertz CT molecular complexity index is 361. The molecule has 0 spiro atoms. The molecule has 0 bridgehead atoms. The summed E-state index contributed by atoms with van der Waals surface area (Å²) < 4.78 is 31.9. The minimum atomic E-state index is -4.17. The van der Waals surface area contributed by atoms with E-state index in [1.807, 2.05) is 0 Å². The second kappa shape index (κ2) is 3.51. The van der Waals surface area contributed by atoms with Crippen molar-refractivity contribution in [3.8, 4) is 0 Å². The Balaban J connectivity index is 2.92. The zero-order chi connectivity index (χ0) is 11.1. The molecular formula is C5H8BrClN2O4S. The monoisotopic (exact) mass is 306 g/mol. The molecule has 1 N–H and O–H groups in total. The highest BCUT2D eigenvalue weighted by Crippen LogP contribution is 2.31. The van der Waals surface area contributed by atoms with Crippen molar-refractivity contribution in [3.05, 3.63) is 0 Å². The highest BCUT2D eigenvalue weighted by atomic mass is 79.9. The molecule has 0 aromatic carbocycles. The summed E-state index contributed by atoms with van der Waals surface area (Å²) in [4.78, 5) is 11.2. The van der Waals surface area contributed by atoms with Crippen molar-refractivity contribution < 1.29 is 17.8 Å². The predicted octanol–water partition coefficient (Wildman–Crippen LogP) is 0.834. The topological polar surface area (TPSA) is 77.9 Å². The molecule has 1 heterocycles. The summed E-state index contributed by atoms with van der Waals surface area (Å²) in [5, 5.41) is 0. The number of urea groups is 1. The lowest BCUT2D eigenvalue weighted by Gasteiger charge is -2.25. The largest absolute Gasteiger partial charge is 0.345 e. The molecule has 0 saturated carbocycles. The van der Waals surface area contributed by atoms with Gasteiger partial charge >= 0.3 is 6.03 Å². The van der Waals surface area contributed by atoms with Gasteiger partial charge in [0.25, 0.3) is 10.1 Å². The fraction of sp³-hybridized carbons (Fsp3) is 0.800. The molecule has 0 aromatic heterocycles. The van der Waals surface area contributed by atoms with Gasteiger partial charge in [0.15, 0.2) is 0 Å². The van der Waals surface area contributed by atoms with Crippen LogP contribution in [0, 0.1) is 0 Å². The van der Waals surface area contributed by atoms with Crippen LogP contribution in [-0.4, -0.2) is 45.2 Å². The van der Waals surface area contributed by atoms with Crippen LogP contribution in [0.1, 0.15) is 6.92 Å². The zero-order valence-corrected chi connectivity index (χ0v) is 10.3. The maximum Gasteiger partial charge on any atom is 0.345 e. The van der Waals surface area contributed by atoms with Gasteiger partial charge in [-0.1, -0.05) is 0 Å². The lowest BCUT2D eigenvalue weighted by Crippen LogP contribution is -2.44. The average Bonchev–Trinajstić information content (AvgIpc) is 2.11. The van der Waals surface area contributed by atoms with E-state index in [0.29, 0.717) is 0 Å². The molecule has 0 radical (unpaired) electrons. The van der Waals surface area contributed by atoms with Gasteiger partial charge in [-0.25, -0.2) is 9.21 Å². The number of rotatable bonds is 2. The van der Waals surface area contributed by atoms with Crippen LogP contribution in [0.15, 0.2) is 0 Å². The number of hydrogen-bond acceptors (Lipinski definition) is 3. The Hall–Kier alpha value is -0.0500. The second-order valence-corrected chi connectivity index (χ2v) is 5.95. The van der Waals surface area contributed by atoms with E-state index in [2.05, 4.69) is 16.1 Å². The van der Waals surface area contributed by atoms with Crippen LogP contribution in [0.4, 0.5) is 4.79 Å². The van der Waals surface area contributed by atoms with Crippen LogP contribution in [0.25, 0.3) is 0 Å². The van der Waals surface area contributed by atoms with Gasteiger partial charge in [0, 0.05) is 11.8 Å². The van der Waals surface area contributed by atoms with Crippen molar-refractivity contribution in [1.29, 1.82) is 0 Å². The molecule has 1 aliphatic rings. The van der Waals surface area contributed by atoms with Gasteiger partial charge in [-0.3, -0.25) is 8.48 Å². The van der Waals surface area contributed by atoms with E-state index in [-0.39, 0.29) is 6.54 Å². The Morgan fingerprint density at radius 1 is 1.71 bits per heavy atom. The van der Waals surface area contributed by atoms with Crippen molar-refractivity contribution in [2.75, 3.05) is 12.3 Å². The predicted molar refractivity (Wildman–Crippen MR) is 53.5 cm³/mol. The Morgan fingerprint density at radius 3 is 2.50 bits per heavy atom. The van der Waals surface area contributed by atoms with E-state index >= 15 is 0 Å². The van der Waals surface area contributed by atoms with E-state index < -0.39 is 27.4 Å². The van der Waals surface area contributed by atoms with E-state index in [1.165, 1.54) is 6.92 Å². The highest BCUT2D eigenvalue weighted by molar-refractivity contribution is 9.07. The molecule has 1 unspecified atom stereocenters. The van der Waals surface area contributed by atoms with E-state index in [9.17, 15) is 13.2 Å². The molecule has 1 saturated heterocycles. The summed E-state index contributed by atoms with van der Waals surface area (Å²) >= 11 is 8.52. The van der Waals surface area contributed by atoms with Crippen molar-refractivity contribution >= 4 is 44.1 Å². The van der Waals surface area contributed by atoms with Crippen LogP contribution in [-0.2, 0) is 10.1 Å². The summed E-state index contributed by atoms with van der Waals surface area (Å²) in [5.41, 5.74) is -1.13. The maximum absolute atomic E-state index is 11.2. The Kier molecular flexibility index (Phi) is 3.01. The lowest BCUT2D eigenvalue weighted by molar-refractivity contribution is 0.219. The van der Waals surface area contributed by atoms with Crippen molar-refractivity contribution in [2.24, 2.45) is 0 Å². The molecule has 1 aliphatic heterocycles. The third-order valence-electron chi connectivity index (χ3n) is 1.82. The van der Waals surface area contributed by atoms with Gasteiger partial charge in [0.1, 0.15) is 5.75 Å². The van der Waals surface area contributed by atoms with Crippen LogP contribution < -0.4 is 0 Å². The standard InChI is InChI=1S/C5H8BrClN2O4S/c1-5(3-14(11,12)13)2-8(6)4(10)9(5)7/h2-3H2,1H3,(H,11,12,13). The number of halogens is 2. The average molecular weight is 308 g/mol. The first kappa shape index (κ1) is 12.0. The number of nitrogens with zero attached hydrogens (tertiary/aromatic N) is 2. The fourth-order valence-corrected chi connectivity index (χ4v) is 3.32. The number of carbonyl (C=O) groups is 1. The quantitative estimate of drug-likeness (QED) is 0.605. The molecule has 6 nitrogen and oxygen atoms in total. The van der Waals surface area contributed by atoms with Gasteiger partial charge < -0.3 is 0 Å². The highest BCUT2D eigenvalue weighted by Gasteiger charge is 2.48. The Labute approximate surface area is 95.0 Å². The molecule has 14 heavy (non-hydrogen) atoms. The summed E-state index contributed by atoms with van der Waals surface area (Å²) in [5.74, 6) is -0.600. The molecule has 82 valence electrons. The summed E-state index contributed by atoms with van der Waals surface area (Å²) in [7, 11) is -4.17. The minimum absolute atomic E-state index is 0.0785. The summed E-state index contributed by atoms with van der Waals surface area (Å²) in [6.07, 6.45) is 0. The molecule has 0 aliphatic carbocycles. The van der Waals surface area contributed by atoms with Gasteiger partial charge in [-0.15, -0.1) is 0 Å². The molecule has 9 heteroatoms. The molecule has 1 rings (SSSR count). The number of amides is 2. The maximum atomic E-state index is 11.2. The van der Waals surface area contributed by atoms with Gasteiger partial charge in [-0.2, -0.15) is 8.42 Å². The van der Waals surface area contributed by atoms with Gasteiger partial charge in [0.2, 0.25) is 0 Å². The summed E-state index contributed by atoms with van der Waals surface area (Å²) in [6.45, 7) is 1.54. The van der Waals surface area contributed by atoms with E-state index in [0.717, 1.165) is 8.34 Å². The van der Waals surface area contributed by atoms with Crippen molar-refractivity contribution in [3.63, 3.8) is 0 Å². The SMILES string of the molecule is CC1(CS(=O)(=O)O)CN(Br)C(=O)N1Cl. The molecule has 2 amide bonds. The van der Waals surface area contributed by atoms with Gasteiger partial charge in [-0.05, 0) is 6.92 Å². The molecule has 0 aromatic rings. The van der Waals surface area contributed by atoms with Crippen molar-refractivity contribution in [2.45, 2.75) is 12.5 Å². The smallest absolute Gasteiger partial charge is 0.285 e. The molecular weight excluding hydrogens is 299 g/mol. The van der Waals surface area contributed by atoms with Crippen LogP contribution in [0.3, 0.4) is 0 Å². The number of carbonyl (C=O) groups excluding carboxylic acids is 1. The zero-order valence-electron chi connectivity index (χ0n) is 7.14. The number of hydrogen-bond donors (Lipinski definition) is 1. The fourth-order valence-electron chi connectivity index (χ4n) is 1.25. The summed E-state index contributed by atoms with van der Waals surface area (Å²) in [6, 6.07) is -0.558.